The van der Waals surface area contributed by atoms with E-state index < -0.39 is 5.97 Å². The number of rotatable bonds is 3. The average Bonchev–Trinajstić information content (AvgIpc) is 2.75. The number of carboxylic acids is 1. The second-order valence-electron chi connectivity index (χ2n) is 3.22. The van der Waals surface area contributed by atoms with Crippen LogP contribution in [0.3, 0.4) is 0 Å². The highest BCUT2D eigenvalue weighted by atomic mass is 16.4. The van der Waals surface area contributed by atoms with E-state index >= 15 is 0 Å². The van der Waals surface area contributed by atoms with Gasteiger partial charge in [0, 0.05) is 11.1 Å². The Bertz CT molecular complexity index is 515. The molecule has 0 saturated carbocycles. The van der Waals surface area contributed by atoms with Gasteiger partial charge in [0.25, 0.3) is 0 Å². The number of aliphatic carboxylic acids is 1. The van der Waals surface area contributed by atoms with Gasteiger partial charge in [-0.2, -0.15) is 5.10 Å². The van der Waals surface area contributed by atoms with Crippen molar-refractivity contribution in [3.05, 3.63) is 48.2 Å². The standard InChI is InChI=1S/C12H10N2O2/c15-11(16)7-6-10-8-13-14-12(10)9-4-2-1-3-5-9/h1-8H,(H,13,14)(H,15,16)/p-1. The van der Waals surface area contributed by atoms with Gasteiger partial charge in [-0.05, 0) is 12.2 Å². The Morgan fingerprint density at radius 1 is 1.31 bits per heavy atom. The lowest BCUT2D eigenvalue weighted by Gasteiger charge is -1.99. The Balaban J connectivity index is 2.37. The number of carbonyl (C=O) groups is 1. The van der Waals surface area contributed by atoms with E-state index in [1.165, 1.54) is 6.08 Å². The molecule has 0 radical (unpaired) electrons. The smallest absolute Gasteiger partial charge is 0.0722 e. The van der Waals surface area contributed by atoms with Crippen LogP contribution in [0.4, 0.5) is 0 Å². The summed E-state index contributed by atoms with van der Waals surface area (Å²) in [5.74, 6) is -1.22. The number of aromatic amines is 1. The van der Waals surface area contributed by atoms with Crippen LogP contribution in [0.2, 0.25) is 0 Å². The largest absolute Gasteiger partial charge is 0.545 e. The number of H-pyrrole nitrogens is 1. The van der Waals surface area contributed by atoms with E-state index in [2.05, 4.69) is 10.2 Å². The van der Waals surface area contributed by atoms with Crippen molar-refractivity contribution in [3.63, 3.8) is 0 Å². The number of hydrogen-bond acceptors (Lipinski definition) is 3. The lowest BCUT2D eigenvalue weighted by atomic mass is 10.1. The van der Waals surface area contributed by atoms with E-state index in [1.807, 2.05) is 30.3 Å². The number of hydrogen-bond donors (Lipinski definition) is 1. The van der Waals surface area contributed by atoms with Gasteiger partial charge in [-0.3, -0.25) is 5.10 Å². The van der Waals surface area contributed by atoms with Gasteiger partial charge < -0.3 is 9.90 Å². The van der Waals surface area contributed by atoms with Gasteiger partial charge in [-0.25, -0.2) is 0 Å². The summed E-state index contributed by atoms with van der Waals surface area (Å²) >= 11 is 0. The maximum Gasteiger partial charge on any atom is 0.0722 e. The van der Waals surface area contributed by atoms with Crippen LogP contribution in [0.15, 0.2) is 42.6 Å². The monoisotopic (exact) mass is 213 g/mol. The second kappa shape index (κ2) is 4.44. The highest BCUT2D eigenvalue weighted by Gasteiger charge is 2.03. The summed E-state index contributed by atoms with van der Waals surface area (Å²) in [5, 5.41) is 17.0. The first-order valence-corrected chi connectivity index (χ1v) is 4.75. The third-order valence-electron chi connectivity index (χ3n) is 2.13. The quantitative estimate of drug-likeness (QED) is 0.768. The Hall–Kier alpha value is -2.36. The molecule has 0 aliphatic rings. The molecule has 0 aliphatic carbocycles. The number of carbonyl (C=O) groups excluding carboxylic acids is 1. The zero-order chi connectivity index (χ0) is 11.4. The SMILES string of the molecule is O=C([O-])C=Cc1cn[nH]c1-c1ccccc1. The van der Waals surface area contributed by atoms with Crippen molar-refractivity contribution >= 4 is 12.0 Å². The number of aromatic nitrogens is 2. The highest BCUT2D eigenvalue weighted by molar-refractivity contribution is 5.85. The molecule has 80 valence electrons. The molecular formula is C12H9N2O2-. The Labute approximate surface area is 92.2 Å². The van der Waals surface area contributed by atoms with Gasteiger partial charge in [-0.1, -0.05) is 30.3 Å². The van der Waals surface area contributed by atoms with Crippen molar-refractivity contribution in [2.75, 3.05) is 0 Å². The summed E-state index contributed by atoms with van der Waals surface area (Å²) < 4.78 is 0. The third kappa shape index (κ3) is 2.17. The minimum absolute atomic E-state index is 0.718. The number of nitrogens with zero attached hydrogens (tertiary/aromatic N) is 1. The van der Waals surface area contributed by atoms with E-state index in [0.717, 1.165) is 22.9 Å². The van der Waals surface area contributed by atoms with Gasteiger partial charge in [0.05, 0.1) is 17.9 Å². The van der Waals surface area contributed by atoms with Crippen molar-refractivity contribution in [3.8, 4) is 11.3 Å². The van der Waals surface area contributed by atoms with Crippen LogP contribution in [0, 0.1) is 0 Å². The number of nitrogens with one attached hydrogen (secondary N) is 1. The van der Waals surface area contributed by atoms with Crippen LogP contribution < -0.4 is 5.11 Å². The molecule has 2 aromatic rings. The van der Waals surface area contributed by atoms with Crippen LogP contribution in [0.25, 0.3) is 17.3 Å². The van der Waals surface area contributed by atoms with Gasteiger partial charge in [0.2, 0.25) is 0 Å². The van der Waals surface area contributed by atoms with Crippen molar-refractivity contribution in [1.82, 2.24) is 10.2 Å². The van der Waals surface area contributed by atoms with Crippen LogP contribution in [0.1, 0.15) is 5.56 Å². The van der Waals surface area contributed by atoms with E-state index in [0.29, 0.717) is 0 Å². The Morgan fingerprint density at radius 3 is 2.75 bits per heavy atom. The molecule has 0 unspecified atom stereocenters. The molecule has 0 bridgehead atoms. The summed E-state index contributed by atoms with van der Waals surface area (Å²) in [4.78, 5) is 10.3. The lowest BCUT2D eigenvalue weighted by molar-refractivity contribution is -0.297. The zero-order valence-electron chi connectivity index (χ0n) is 8.38. The van der Waals surface area contributed by atoms with Gasteiger partial charge in [-0.15, -0.1) is 0 Å². The molecule has 0 atom stereocenters. The van der Waals surface area contributed by atoms with Gasteiger partial charge >= 0.3 is 0 Å². The molecule has 0 saturated heterocycles. The van der Waals surface area contributed by atoms with Crippen LogP contribution in [-0.2, 0) is 4.79 Å². The molecule has 4 nitrogen and oxygen atoms in total. The fraction of sp³-hybridized carbons (Fsp3) is 0. The van der Waals surface area contributed by atoms with Crippen molar-refractivity contribution in [2.24, 2.45) is 0 Å². The molecule has 0 amide bonds. The molecular weight excluding hydrogens is 204 g/mol. The topological polar surface area (TPSA) is 68.8 Å². The van der Waals surface area contributed by atoms with Crippen LogP contribution in [-0.4, -0.2) is 16.2 Å². The number of benzene rings is 1. The van der Waals surface area contributed by atoms with Crippen molar-refractivity contribution < 1.29 is 9.90 Å². The molecule has 1 aromatic carbocycles. The predicted molar refractivity (Wildman–Crippen MR) is 58.1 cm³/mol. The maximum atomic E-state index is 10.3. The molecule has 1 heterocycles. The second-order valence-corrected chi connectivity index (χ2v) is 3.22. The molecule has 1 N–H and O–H groups in total. The van der Waals surface area contributed by atoms with Crippen LogP contribution in [0.5, 0.6) is 0 Å². The van der Waals surface area contributed by atoms with E-state index in [4.69, 9.17) is 0 Å². The summed E-state index contributed by atoms with van der Waals surface area (Å²) in [6.45, 7) is 0. The third-order valence-corrected chi connectivity index (χ3v) is 2.13. The minimum atomic E-state index is -1.22. The first-order valence-electron chi connectivity index (χ1n) is 4.75. The lowest BCUT2D eigenvalue weighted by Crippen LogP contribution is -2.18. The zero-order valence-corrected chi connectivity index (χ0v) is 8.38. The normalized spacial score (nSPS) is 10.8. The molecule has 2 rings (SSSR count). The molecule has 0 fully saturated rings. The predicted octanol–water partition coefficient (Wildman–Crippen LogP) is 0.840. The Kier molecular flexibility index (Phi) is 2.82. The van der Waals surface area contributed by atoms with Crippen molar-refractivity contribution in [2.45, 2.75) is 0 Å². The molecule has 1 aromatic heterocycles. The summed E-state index contributed by atoms with van der Waals surface area (Å²) in [6, 6.07) is 9.56. The minimum Gasteiger partial charge on any atom is -0.545 e. The van der Waals surface area contributed by atoms with Gasteiger partial charge in [0.15, 0.2) is 0 Å². The molecule has 0 spiro atoms. The summed E-state index contributed by atoms with van der Waals surface area (Å²) in [5.41, 5.74) is 2.46. The Morgan fingerprint density at radius 2 is 2.06 bits per heavy atom. The maximum absolute atomic E-state index is 10.3. The van der Waals surface area contributed by atoms with Crippen LogP contribution >= 0.6 is 0 Å². The molecule has 4 heteroatoms. The number of carboxylic acid groups (broad SMARTS) is 1. The molecule has 16 heavy (non-hydrogen) atoms. The van der Waals surface area contributed by atoms with E-state index in [1.54, 1.807) is 6.20 Å². The molecule has 0 aliphatic heterocycles. The first-order chi connectivity index (χ1) is 7.77. The van der Waals surface area contributed by atoms with E-state index in [9.17, 15) is 9.90 Å². The van der Waals surface area contributed by atoms with Crippen molar-refractivity contribution in [1.29, 1.82) is 0 Å². The summed E-state index contributed by atoms with van der Waals surface area (Å²) in [6.07, 6.45) is 4.01. The fourth-order valence-corrected chi connectivity index (χ4v) is 1.42. The average molecular weight is 213 g/mol. The fourth-order valence-electron chi connectivity index (χ4n) is 1.42. The first kappa shape index (κ1) is 10.2. The van der Waals surface area contributed by atoms with Gasteiger partial charge in [0.1, 0.15) is 0 Å². The van der Waals surface area contributed by atoms with E-state index in [-0.39, 0.29) is 0 Å². The highest BCUT2D eigenvalue weighted by Crippen LogP contribution is 2.21. The summed E-state index contributed by atoms with van der Waals surface area (Å²) in [7, 11) is 0.